The van der Waals surface area contributed by atoms with Crippen molar-refractivity contribution in [2.45, 2.75) is 57.0 Å². The third-order valence-corrected chi connectivity index (χ3v) is 7.08. The van der Waals surface area contributed by atoms with Crippen LogP contribution in [0.3, 0.4) is 0 Å². The molecular formula is C17H25N5O2S. The minimum atomic E-state index is -3.44. The zero-order chi connectivity index (χ0) is 17.6. The molecule has 136 valence electrons. The molecule has 4 rings (SSSR count). The summed E-state index contributed by atoms with van der Waals surface area (Å²) in [5.41, 5.74) is 1.21. The lowest BCUT2D eigenvalue weighted by atomic mass is 10.0. The van der Waals surface area contributed by atoms with Crippen LogP contribution in [0.25, 0.3) is 0 Å². The van der Waals surface area contributed by atoms with E-state index in [0.717, 1.165) is 18.7 Å². The fourth-order valence-corrected chi connectivity index (χ4v) is 5.20. The fourth-order valence-electron chi connectivity index (χ4n) is 3.72. The highest BCUT2D eigenvalue weighted by Gasteiger charge is 2.35. The van der Waals surface area contributed by atoms with E-state index in [1.165, 1.54) is 24.7 Å². The van der Waals surface area contributed by atoms with E-state index in [0.29, 0.717) is 36.5 Å². The molecule has 7 nitrogen and oxygen atoms in total. The highest BCUT2D eigenvalue weighted by atomic mass is 32.2. The molecule has 0 amide bonds. The summed E-state index contributed by atoms with van der Waals surface area (Å²) in [6, 6.07) is 0.610. The Kier molecular flexibility index (Phi) is 4.19. The van der Waals surface area contributed by atoms with Gasteiger partial charge in [0.15, 0.2) is 0 Å². The van der Waals surface area contributed by atoms with Crippen molar-refractivity contribution < 1.29 is 8.42 Å². The van der Waals surface area contributed by atoms with Gasteiger partial charge in [-0.3, -0.25) is 4.68 Å². The summed E-state index contributed by atoms with van der Waals surface area (Å²) in [6.07, 6.45) is 9.22. The monoisotopic (exact) mass is 363 g/mol. The highest BCUT2D eigenvalue weighted by Crippen LogP contribution is 2.38. The van der Waals surface area contributed by atoms with Gasteiger partial charge in [-0.1, -0.05) is 0 Å². The first kappa shape index (κ1) is 16.8. The first-order chi connectivity index (χ1) is 12.0. The first-order valence-electron chi connectivity index (χ1n) is 9.04. The molecule has 1 aliphatic carbocycles. The maximum absolute atomic E-state index is 12.8. The van der Waals surface area contributed by atoms with Crippen molar-refractivity contribution in [3.63, 3.8) is 0 Å². The molecule has 0 bridgehead atoms. The number of rotatable bonds is 6. The van der Waals surface area contributed by atoms with Crippen LogP contribution in [0.5, 0.6) is 0 Å². The fraction of sp³-hybridized carbons (Fsp3) is 0.647. The quantitative estimate of drug-likeness (QED) is 0.787. The molecule has 0 aromatic carbocycles. The summed E-state index contributed by atoms with van der Waals surface area (Å²) < 4.78 is 31.2. The Morgan fingerprint density at radius 3 is 2.72 bits per heavy atom. The average Bonchev–Trinajstić information content (AvgIpc) is 3.02. The van der Waals surface area contributed by atoms with Crippen LogP contribution in [-0.4, -0.2) is 45.1 Å². The third kappa shape index (κ3) is 3.13. The van der Waals surface area contributed by atoms with Crippen molar-refractivity contribution in [3.05, 3.63) is 30.1 Å². The van der Waals surface area contributed by atoms with E-state index in [-0.39, 0.29) is 0 Å². The van der Waals surface area contributed by atoms with Crippen LogP contribution < -0.4 is 0 Å². The standard InChI is InChI=1S/C17H25N5O2S/c1-3-20-12-16(10-19-20)25(23,24)21-7-6-14(11-21)8-17-18-9-13(2)22(17)15-4-5-15/h9-10,12,14-15H,3-8,11H2,1-2H3. The van der Waals surface area contributed by atoms with E-state index in [9.17, 15) is 8.42 Å². The predicted molar refractivity (Wildman–Crippen MR) is 93.7 cm³/mol. The minimum Gasteiger partial charge on any atom is -0.329 e. The molecule has 0 spiro atoms. The molecule has 1 atom stereocenters. The molecule has 8 heteroatoms. The average molecular weight is 363 g/mol. The second kappa shape index (κ2) is 6.25. The molecule has 25 heavy (non-hydrogen) atoms. The van der Waals surface area contributed by atoms with Gasteiger partial charge >= 0.3 is 0 Å². The zero-order valence-electron chi connectivity index (χ0n) is 14.8. The van der Waals surface area contributed by atoms with Crippen molar-refractivity contribution in [1.82, 2.24) is 23.6 Å². The number of aromatic nitrogens is 4. The summed E-state index contributed by atoms with van der Waals surface area (Å²) >= 11 is 0. The second-order valence-electron chi connectivity index (χ2n) is 7.17. The molecule has 2 aromatic heterocycles. The molecule has 1 aliphatic heterocycles. The van der Waals surface area contributed by atoms with Crippen molar-refractivity contribution >= 4 is 10.0 Å². The Morgan fingerprint density at radius 2 is 2.04 bits per heavy atom. The Morgan fingerprint density at radius 1 is 1.24 bits per heavy atom. The Hall–Kier alpha value is -1.67. The SMILES string of the molecule is CCn1cc(S(=O)(=O)N2CCC(Cc3ncc(C)n3C3CC3)C2)cn1. The molecule has 0 N–H and O–H groups in total. The van der Waals surface area contributed by atoms with Gasteiger partial charge in [0.1, 0.15) is 10.7 Å². The molecule has 2 aromatic rings. The zero-order valence-corrected chi connectivity index (χ0v) is 15.6. The highest BCUT2D eigenvalue weighted by molar-refractivity contribution is 7.89. The normalized spacial score (nSPS) is 21.9. The van der Waals surface area contributed by atoms with Crippen molar-refractivity contribution in [3.8, 4) is 0 Å². The molecule has 1 saturated heterocycles. The minimum absolute atomic E-state index is 0.297. The molecule has 0 radical (unpaired) electrons. The predicted octanol–water partition coefficient (Wildman–Crippen LogP) is 2.00. The Labute approximate surface area is 148 Å². The van der Waals surface area contributed by atoms with Crippen LogP contribution in [0.15, 0.2) is 23.5 Å². The van der Waals surface area contributed by atoms with E-state index in [2.05, 4.69) is 21.6 Å². The van der Waals surface area contributed by atoms with Gasteiger partial charge < -0.3 is 4.57 Å². The summed E-state index contributed by atoms with van der Waals surface area (Å²) in [5.74, 6) is 1.44. The maximum Gasteiger partial charge on any atom is 0.246 e. The molecule has 2 fully saturated rings. The third-order valence-electron chi connectivity index (χ3n) is 5.26. The van der Waals surface area contributed by atoms with E-state index >= 15 is 0 Å². The number of hydrogen-bond donors (Lipinski definition) is 0. The largest absolute Gasteiger partial charge is 0.329 e. The van der Waals surface area contributed by atoms with E-state index in [1.54, 1.807) is 15.2 Å². The van der Waals surface area contributed by atoms with Crippen molar-refractivity contribution in [2.24, 2.45) is 5.92 Å². The van der Waals surface area contributed by atoms with Gasteiger partial charge in [-0.2, -0.15) is 9.40 Å². The lowest BCUT2D eigenvalue weighted by molar-refractivity contribution is 0.449. The first-order valence-corrected chi connectivity index (χ1v) is 10.5. The molecule has 2 aliphatic rings. The van der Waals surface area contributed by atoms with Gasteiger partial charge in [0.05, 0.1) is 6.20 Å². The van der Waals surface area contributed by atoms with Crippen LogP contribution in [0, 0.1) is 12.8 Å². The number of nitrogens with zero attached hydrogens (tertiary/aromatic N) is 5. The summed E-state index contributed by atoms with van der Waals surface area (Å²) in [6.45, 7) is 5.86. The van der Waals surface area contributed by atoms with Gasteiger partial charge in [-0.15, -0.1) is 0 Å². The second-order valence-corrected chi connectivity index (χ2v) is 9.11. The maximum atomic E-state index is 12.8. The van der Waals surface area contributed by atoms with Crippen LogP contribution in [0.4, 0.5) is 0 Å². The van der Waals surface area contributed by atoms with Gasteiger partial charge in [0.25, 0.3) is 0 Å². The van der Waals surface area contributed by atoms with E-state index in [1.807, 2.05) is 13.1 Å². The number of aryl methyl sites for hydroxylation is 2. The lowest BCUT2D eigenvalue weighted by Gasteiger charge is -2.16. The summed E-state index contributed by atoms with van der Waals surface area (Å²) in [7, 11) is -3.44. The van der Waals surface area contributed by atoms with Crippen molar-refractivity contribution in [2.75, 3.05) is 13.1 Å². The van der Waals surface area contributed by atoms with Gasteiger partial charge in [0, 0.05) is 50.2 Å². The summed E-state index contributed by atoms with van der Waals surface area (Å²) in [4.78, 5) is 4.88. The number of imidazole rings is 1. The topological polar surface area (TPSA) is 73.0 Å². The van der Waals surface area contributed by atoms with E-state index < -0.39 is 10.0 Å². The Balaban J connectivity index is 1.46. The molecule has 3 heterocycles. The van der Waals surface area contributed by atoms with Crippen LogP contribution in [0.1, 0.15) is 43.7 Å². The van der Waals surface area contributed by atoms with Crippen molar-refractivity contribution in [1.29, 1.82) is 0 Å². The van der Waals surface area contributed by atoms with Gasteiger partial charge in [0.2, 0.25) is 10.0 Å². The van der Waals surface area contributed by atoms with Crippen LogP contribution in [-0.2, 0) is 23.0 Å². The van der Waals surface area contributed by atoms with Crippen LogP contribution >= 0.6 is 0 Å². The van der Waals surface area contributed by atoms with E-state index in [4.69, 9.17) is 0 Å². The number of sulfonamides is 1. The summed E-state index contributed by atoms with van der Waals surface area (Å²) in [5, 5.41) is 4.10. The number of hydrogen-bond acceptors (Lipinski definition) is 4. The van der Waals surface area contributed by atoms with Gasteiger partial charge in [-0.25, -0.2) is 13.4 Å². The van der Waals surface area contributed by atoms with Gasteiger partial charge in [-0.05, 0) is 39.0 Å². The molecule has 1 unspecified atom stereocenters. The smallest absolute Gasteiger partial charge is 0.246 e. The lowest BCUT2D eigenvalue weighted by Crippen LogP contribution is -2.29. The molecular weight excluding hydrogens is 338 g/mol. The molecule has 1 saturated carbocycles. The van der Waals surface area contributed by atoms with Crippen LogP contribution in [0.2, 0.25) is 0 Å². The Bertz CT molecular complexity index is 865.